The fraction of sp³-hybridized carbons (Fsp3) is 0.200. The van der Waals surface area contributed by atoms with Crippen LogP contribution in [0.15, 0.2) is 95.1 Å². The van der Waals surface area contributed by atoms with Gasteiger partial charge in [0.25, 0.3) is 0 Å². The van der Waals surface area contributed by atoms with Gasteiger partial charge in [-0.2, -0.15) is 4.40 Å². The number of halogens is 1. The minimum absolute atomic E-state index is 0.0233. The number of carbonyl (C=O) groups excluding carboxylic acids is 1. The number of fused-ring (bicyclic) bond motifs is 1. The van der Waals surface area contributed by atoms with E-state index >= 15 is 0 Å². The first-order chi connectivity index (χ1) is 21.6. The molecule has 10 heteroatoms. The number of pyridine rings is 1. The number of amides is 1. The zero-order valence-corrected chi connectivity index (χ0v) is 25.9. The van der Waals surface area contributed by atoms with Gasteiger partial charge in [0, 0.05) is 17.5 Å². The van der Waals surface area contributed by atoms with Crippen molar-refractivity contribution in [3.05, 3.63) is 120 Å². The highest BCUT2D eigenvalue weighted by Crippen LogP contribution is 2.52. The molecule has 0 saturated heterocycles. The Morgan fingerprint density at radius 1 is 1.09 bits per heavy atom. The van der Waals surface area contributed by atoms with E-state index in [2.05, 4.69) is 21.3 Å². The molecule has 1 unspecified atom stereocenters. The van der Waals surface area contributed by atoms with Gasteiger partial charge in [-0.15, -0.1) is 0 Å². The summed E-state index contributed by atoms with van der Waals surface area (Å²) in [6, 6.07) is 18.6. The summed E-state index contributed by atoms with van der Waals surface area (Å²) in [6.45, 7) is 7.85. The average molecular weight is 624 g/mol. The van der Waals surface area contributed by atoms with E-state index in [1.165, 1.54) is 12.1 Å². The summed E-state index contributed by atoms with van der Waals surface area (Å²) in [7, 11) is -3.36. The maximum absolute atomic E-state index is 14.6. The van der Waals surface area contributed by atoms with Crippen molar-refractivity contribution in [2.75, 3.05) is 0 Å². The third-order valence-electron chi connectivity index (χ3n) is 7.90. The van der Waals surface area contributed by atoms with Crippen LogP contribution in [0, 0.1) is 19.7 Å². The van der Waals surface area contributed by atoms with Crippen molar-refractivity contribution in [1.82, 2.24) is 19.9 Å². The van der Waals surface area contributed by atoms with Crippen LogP contribution in [0.1, 0.15) is 46.8 Å². The van der Waals surface area contributed by atoms with Crippen molar-refractivity contribution >= 4 is 39.5 Å². The van der Waals surface area contributed by atoms with Gasteiger partial charge in [-0.3, -0.25) is 18.9 Å². The highest BCUT2D eigenvalue weighted by Gasteiger charge is 2.25. The second-order valence-corrected chi connectivity index (χ2v) is 13.1. The molecule has 0 radical (unpaired) electrons. The molecule has 8 nitrogen and oxygen atoms in total. The molecular weight excluding hydrogens is 589 g/mol. The Morgan fingerprint density at radius 2 is 1.89 bits per heavy atom. The van der Waals surface area contributed by atoms with Crippen molar-refractivity contribution in [3.63, 3.8) is 0 Å². The lowest BCUT2D eigenvalue weighted by Crippen LogP contribution is -2.33. The second kappa shape index (κ2) is 12.4. The molecule has 5 aromatic rings. The van der Waals surface area contributed by atoms with Crippen LogP contribution in [-0.2, 0) is 17.8 Å². The van der Waals surface area contributed by atoms with E-state index in [0.717, 1.165) is 40.7 Å². The topological polar surface area (TPSA) is 113 Å². The molecule has 1 saturated carbocycles. The number of hydrogen-bond acceptors (Lipinski definition) is 6. The lowest BCUT2D eigenvalue weighted by molar-refractivity contribution is -0.122. The molecule has 2 aromatic heterocycles. The molecule has 3 N–H and O–H groups in total. The number of imidazole rings is 1. The van der Waals surface area contributed by atoms with Gasteiger partial charge in [-0.1, -0.05) is 47.7 Å². The number of nitrogens with zero attached hydrogens (tertiary/aromatic N) is 4. The van der Waals surface area contributed by atoms with Gasteiger partial charge < -0.3 is 9.88 Å². The number of aromatic nitrogens is 3. The van der Waals surface area contributed by atoms with Crippen LogP contribution in [0.4, 0.5) is 4.39 Å². The van der Waals surface area contributed by atoms with Gasteiger partial charge in [0.05, 0.1) is 34.0 Å². The van der Waals surface area contributed by atoms with E-state index < -0.39 is 22.6 Å². The lowest BCUT2D eigenvalue weighted by Gasteiger charge is -2.27. The first kappa shape index (κ1) is 30.4. The Kier molecular flexibility index (Phi) is 8.37. The average Bonchev–Trinajstić information content (AvgIpc) is 3.75. The Hall–Kier alpha value is -4.64. The number of rotatable bonds is 10. The van der Waals surface area contributed by atoms with Crippen LogP contribution in [0.25, 0.3) is 28.2 Å². The SMILES string of the molecule is C=Cc1cc(F)cc(CC(NC(=O)Cn2cnc3cc(C)c(C)cc32)c2ncccc2-c2cccc(S(O)(O)N=C3CC3)c2)c1. The molecule has 0 bridgehead atoms. The van der Waals surface area contributed by atoms with Gasteiger partial charge in [0.1, 0.15) is 12.4 Å². The molecule has 2 heterocycles. The highest BCUT2D eigenvalue weighted by molar-refractivity contribution is 8.23. The van der Waals surface area contributed by atoms with Crippen molar-refractivity contribution in [1.29, 1.82) is 0 Å². The Morgan fingerprint density at radius 3 is 2.67 bits per heavy atom. The second-order valence-electron chi connectivity index (χ2n) is 11.4. The largest absolute Gasteiger partial charge is 0.346 e. The minimum Gasteiger partial charge on any atom is -0.346 e. The Labute approximate surface area is 262 Å². The molecule has 45 heavy (non-hydrogen) atoms. The number of nitrogens with one attached hydrogen (secondary N) is 1. The third kappa shape index (κ3) is 6.88. The maximum Gasteiger partial charge on any atom is 0.240 e. The van der Waals surface area contributed by atoms with Gasteiger partial charge in [0.2, 0.25) is 5.91 Å². The lowest BCUT2D eigenvalue weighted by atomic mass is 9.94. The normalized spacial score (nSPS) is 13.8. The summed E-state index contributed by atoms with van der Waals surface area (Å²) in [5.41, 5.74) is 7.90. The molecule has 1 atom stereocenters. The van der Waals surface area contributed by atoms with Crippen LogP contribution >= 0.6 is 10.8 Å². The molecule has 6 rings (SSSR count). The molecule has 1 aliphatic rings. The minimum atomic E-state index is -3.36. The Bertz CT molecular complexity index is 1960. The van der Waals surface area contributed by atoms with Gasteiger partial charge in [-0.25, -0.2) is 9.37 Å². The van der Waals surface area contributed by atoms with E-state index in [0.29, 0.717) is 32.8 Å². The van der Waals surface area contributed by atoms with Crippen molar-refractivity contribution in [3.8, 4) is 11.1 Å². The van der Waals surface area contributed by atoms with E-state index in [-0.39, 0.29) is 18.9 Å². The van der Waals surface area contributed by atoms with E-state index in [1.807, 2.05) is 44.2 Å². The van der Waals surface area contributed by atoms with Gasteiger partial charge >= 0.3 is 0 Å². The number of carbonyl (C=O) groups is 1. The Balaban J connectivity index is 1.37. The van der Waals surface area contributed by atoms with E-state index in [9.17, 15) is 18.3 Å². The predicted octanol–water partition coefficient (Wildman–Crippen LogP) is 7.86. The first-order valence-corrected chi connectivity index (χ1v) is 16.1. The molecule has 3 aromatic carbocycles. The molecular formula is C35H34FN5O3S. The summed E-state index contributed by atoms with van der Waals surface area (Å²) < 4.78 is 42.1. The molecule has 230 valence electrons. The summed E-state index contributed by atoms with van der Waals surface area (Å²) in [5, 5.41) is 3.14. The zero-order chi connectivity index (χ0) is 31.7. The molecule has 0 spiro atoms. The smallest absolute Gasteiger partial charge is 0.240 e. The molecule has 1 aliphatic carbocycles. The monoisotopic (exact) mass is 623 g/mol. The van der Waals surface area contributed by atoms with Crippen molar-refractivity contribution < 1.29 is 18.3 Å². The van der Waals surface area contributed by atoms with Crippen LogP contribution < -0.4 is 5.32 Å². The number of hydrogen-bond donors (Lipinski definition) is 3. The highest BCUT2D eigenvalue weighted by atomic mass is 32.3. The van der Waals surface area contributed by atoms with Crippen molar-refractivity contribution in [2.45, 2.75) is 50.6 Å². The van der Waals surface area contributed by atoms with Crippen LogP contribution in [0.2, 0.25) is 0 Å². The van der Waals surface area contributed by atoms with E-state index in [4.69, 9.17) is 4.98 Å². The third-order valence-corrected chi connectivity index (χ3v) is 9.30. The number of benzene rings is 3. The predicted molar refractivity (Wildman–Crippen MR) is 178 cm³/mol. The van der Waals surface area contributed by atoms with Crippen LogP contribution in [0.5, 0.6) is 0 Å². The van der Waals surface area contributed by atoms with Gasteiger partial charge in [0.15, 0.2) is 0 Å². The first-order valence-electron chi connectivity index (χ1n) is 14.6. The standard InChI is InChI=1S/C35H34FN5O3S/c1-4-24-15-25(17-27(36)16-24)18-32(39-34(42)20-41-21-38-31-13-22(2)23(3)14-33(31)41)35-30(9-6-12-37-35)26-7-5-8-29(19-26)45(43,44)40-28-10-11-28/h4-9,12-17,19,21,32,43-44H,1,10-11,18,20H2,2-3H3,(H,39,42). The maximum atomic E-state index is 14.6. The summed E-state index contributed by atoms with van der Waals surface area (Å²) in [5.74, 6) is -0.669. The summed E-state index contributed by atoms with van der Waals surface area (Å²) >= 11 is 0. The van der Waals surface area contributed by atoms with Crippen molar-refractivity contribution in [2.24, 2.45) is 4.40 Å². The van der Waals surface area contributed by atoms with E-state index in [1.54, 1.807) is 47.4 Å². The fourth-order valence-electron chi connectivity index (χ4n) is 5.35. The van der Waals surface area contributed by atoms with Gasteiger partial charge in [-0.05, 0) is 103 Å². The molecule has 1 fully saturated rings. The van der Waals surface area contributed by atoms with Crippen LogP contribution in [-0.4, -0.2) is 35.3 Å². The zero-order valence-electron chi connectivity index (χ0n) is 25.1. The number of aryl methyl sites for hydroxylation is 2. The quantitative estimate of drug-likeness (QED) is 0.147. The molecule has 0 aliphatic heterocycles. The van der Waals surface area contributed by atoms with Crippen LogP contribution in [0.3, 0.4) is 0 Å². The summed E-state index contributed by atoms with van der Waals surface area (Å²) in [4.78, 5) is 23.1. The molecule has 1 amide bonds. The summed E-state index contributed by atoms with van der Waals surface area (Å²) in [6.07, 6.45) is 6.66. The fourth-order valence-corrected chi connectivity index (χ4v) is 6.54.